The molecule has 0 aliphatic heterocycles. The first-order valence-corrected chi connectivity index (χ1v) is 4.57. The number of hydrogen-bond acceptors (Lipinski definition) is 5. The standard InChI is InChI=1S/C9H8ClN3O3/c1-4-9(2,3)16-7-6(13(14)15)5-11-8(10)12-7/h1,5H,2-3H3. The van der Waals surface area contributed by atoms with Gasteiger partial charge in [-0.3, -0.25) is 10.1 Å². The van der Waals surface area contributed by atoms with Crippen LogP contribution in [0.15, 0.2) is 6.20 Å². The summed E-state index contributed by atoms with van der Waals surface area (Å²) in [6.07, 6.45) is 6.17. The van der Waals surface area contributed by atoms with Gasteiger partial charge in [-0.1, -0.05) is 5.92 Å². The van der Waals surface area contributed by atoms with Crippen molar-refractivity contribution in [1.29, 1.82) is 0 Å². The van der Waals surface area contributed by atoms with Crippen molar-refractivity contribution >= 4 is 17.3 Å². The Morgan fingerprint density at radius 3 is 2.81 bits per heavy atom. The third-order valence-corrected chi connectivity index (χ3v) is 1.78. The summed E-state index contributed by atoms with van der Waals surface area (Å²) in [4.78, 5) is 17.1. The van der Waals surface area contributed by atoms with E-state index >= 15 is 0 Å². The van der Waals surface area contributed by atoms with Gasteiger partial charge in [0, 0.05) is 0 Å². The summed E-state index contributed by atoms with van der Waals surface area (Å²) in [5, 5.41) is 10.5. The second-order valence-electron chi connectivity index (χ2n) is 3.34. The Morgan fingerprint density at radius 2 is 2.31 bits per heavy atom. The lowest BCUT2D eigenvalue weighted by atomic mass is 10.1. The SMILES string of the molecule is C#CC(C)(C)Oc1nc(Cl)ncc1[N+](=O)[O-]. The summed E-state index contributed by atoms with van der Waals surface area (Å²) in [6.45, 7) is 3.15. The first kappa shape index (κ1) is 12.2. The van der Waals surface area contributed by atoms with Crippen LogP contribution in [0.1, 0.15) is 13.8 Å². The number of aromatic nitrogens is 2. The van der Waals surface area contributed by atoms with Crippen molar-refractivity contribution in [2.24, 2.45) is 0 Å². The van der Waals surface area contributed by atoms with E-state index < -0.39 is 10.5 Å². The number of ether oxygens (including phenoxy) is 1. The minimum Gasteiger partial charge on any atom is -0.453 e. The topological polar surface area (TPSA) is 78.2 Å². The third-order valence-electron chi connectivity index (χ3n) is 1.60. The summed E-state index contributed by atoms with van der Waals surface area (Å²) < 4.78 is 5.21. The van der Waals surface area contributed by atoms with Crippen LogP contribution in [-0.2, 0) is 0 Å². The van der Waals surface area contributed by atoms with Crippen molar-refractivity contribution < 1.29 is 9.66 Å². The van der Waals surface area contributed by atoms with Crippen LogP contribution in [0.4, 0.5) is 5.69 Å². The summed E-state index contributed by atoms with van der Waals surface area (Å²) in [5.74, 6) is 2.08. The normalized spacial score (nSPS) is 10.6. The van der Waals surface area contributed by atoms with Crippen molar-refractivity contribution in [2.45, 2.75) is 19.4 Å². The lowest BCUT2D eigenvalue weighted by Gasteiger charge is -2.18. The highest BCUT2D eigenvalue weighted by Crippen LogP contribution is 2.27. The van der Waals surface area contributed by atoms with E-state index in [0.717, 1.165) is 6.20 Å². The molecule has 0 saturated heterocycles. The van der Waals surface area contributed by atoms with Gasteiger partial charge in [0.2, 0.25) is 5.28 Å². The Kier molecular flexibility index (Phi) is 3.30. The van der Waals surface area contributed by atoms with Crippen molar-refractivity contribution in [2.75, 3.05) is 0 Å². The van der Waals surface area contributed by atoms with Gasteiger partial charge in [0.05, 0.1) is 4.92 Å². The monoisotopic (exact) mass is 241 g/mol. The van der Waals surface area contributed by atoms with Gasteiger partial charge in [-0.15, -0.1) is 6.42 Å². The van der Waals surface area contributed by atoms with Crippen LogP contribution >= 0.6 is 11.6 Å². The molecule has 0 atom stereocenters. The minimum absolute atomic E-state index is 0.145. The van der Waals surface area contributed by atoms with E-state index in [1.165, 1.54) is 0 Å². The van der Waals surface area contributed by atoms with Gasteiger partial charge in [0.25, 0.3) is 5.88 Å². The summed E-state index contributed by atoms with van der Waals surface area (Å²) in [5.41, 5.74) is -1.39. The Hall–Kier alpha value is -1.87. The predicted molar refractivity (Wildman–Crippen MR) is 57.2 cm³/mol. The van der Waals surface area contributed by atoms with E-state index in [1.807, 2.05) is 0 Å². The number of rotatable bonds is 3. The quantitative estimate of drug-likeness (QED) is 0.349. The molecule has 84 valence electrons. The van der Waals surface area contributed by atoms with E-state index in [2.05, 4.69) is 15.9 Å². The highest BCUT2D eigenvalue weighted by Gasteiger charge is 2.25. The number of nitro groups is 1. The van der Waals surface area contributed by atoms with Crippen LogP contribution in [0, 0.1) is 22.5 Å². The van der Waals surface area contributed by atoms with Gasteiger partial charge in [-0.2, -0.15) is 4.98 Å². The molecule has 0 aliphatic rings. The van der Waals surface area contributed by atoms with Crippen LogP contribution in [-0.4, -0.2) is 20.5 Å². The molecule has 0 amide bonds. The van der Waals surface area contributed by atoms with E-state index in [4.69, 9.17) is 22.8 Å². The molecule has 16 heavy (non-hydrogen) atoms. The molecule has 0 radical (unpaired) electrons. The molecule has 0 spiro atoms. The molecule has 1 aromatic heterocycles. The number of halogens is 1. The van der Waals surface area contributed by atoms with E-state index in [0.29, 0.717) is 0 Å². The van der Waals surface area contributed by atoms with Gasteiger partial charge >= 0.3 is 5.69 Å². The molecular weight excluding hydrogens is 234 g/mol. The van der Waals surface area contributed by atoms with Gasteiger partial charge < -0.3 is 4.74 Å². The molecule has 7 heteroatoms. The maximum Gasteiger partial charge on any atom is 0.349 e. The highest BCUT2D eigenvalue weighted by atomic mass is 35.5. The maximum absolute atomic E-state index is 10.7. The van der Waals surface area contributed by atoms with Crippen molar-refractivity contribution in [3.05, 3.63) is 21.6 Å². The minimum atomic E-state index is -1.01. The zero-order valence-electron chi connectivity index (χ0n) is 8.60. The fourth-order valence-electron chi connectivity index (χ4n) is 0.811. The van der Waals surface area contributed by atoms with Crippen LogP contribution in [0.2, 0.25) is 5.28 Å². The van der Waals surface area contributed by atoms with Crippen LogP contribution in [0.3, 0.4) is 0 Å². The molecule has 0 fully saturated rings. The third kappa shape index (κ3) is 2.81. The number of nitrogens with zero attached hydrogens (tertiary/aromatic N) is 3. The molecule has 0 unspecified atom stereocenters. The Bertz CT molecular complexity index is 468. The highest BCUT2D eigenvalue weighted by molar-refractivity contribution is 6.28. The Labute approximate surface area is 96.8 Å². The zero-order chi connectivity index (χ0) is 12.3. The van der Waals surface area contributed by atoms with Crippen molar-refractivity contribution in [1.82, 2.24) is 9.97 Å². The second kappa shape index (κ2) is 4.33. The zero-order valence-corrected chi connectivity index (χ0v) is 9.35. The fourth-order valence-corrected chi connectivity index (χ4v) is 0.937. The maximum atomic E-state index is 10.7. The van der Waals surface area contributed by atoms with E-state index in [1.54, 1.807) is 13.8 Å². The fraction of sp³-hybridized carbons (Fsp3) is 0.333. The molecular formula is C9H8ClN3O3. The predicted octanol–water partition coefficient (Wildman–Crippen LogP) is 1.83. The summed E-state index contributed by atoms with van der Waals surface area (Å²) in [6, 6.07) is 0. The summed E-state index contributed by atoms with van der Waals surface area (Å²) in [7, 11) is 0. The van der Waals surface area contributed by atoms with Crippen LogP contribution < -0.4 is 4.74 Å². The molecule has 6 nitrogen and oxygen atoms in total. The van der Waals surface area contributed by atoms with Gasteiger partial charge in [-0.25, -0.2) is 4.98 Å². The molecule has 0 aromatic carbocycles. The lowest BCUT2D eigenvalue weighted by molar-refractivity contribution is -0.386. The summed E-state index contributed by atoms with van der Waals surface area (Å²) >= 11 is 5.52. The number of hydrogen-bond donors (Lipinski definition) is 0. The molecule has 0 bridgehead atoms. The van der Waals surface area contributed by atoms with Gasteiger partial charge in [0.1, 0.15) is 6.20 Å². The largest absolute Gasteiger partial charge is 0.453 e. The van der Waals surface area contributed by atoms with E-state index in [9.17, 15) is 10.1 Å². The molecule has 0 N–H and O–H groups in total. The number of terminal acetylenes is 1. The van der Waals surface area contributed by atoms with Crippen molar-refractivity contribution in [3.8, 4) is 18.2 Å². The van der Waals surface area contributed by atoms with Crippen LogP contribution in [0.5, 0.6) is 5.88 Å². The Balaban J connectivity index is 3.17. The molecule has 0 saturated carbocycles. The van der Waals surface area contributed by atoms with Crippen molar-refractivity contribution in [3.63, 3.8) is 0 Å². The van der Waals surface area contributed by atoms with E-state index in [-0.39, 0.29) is 16.9 Å². The average Bonchev–Trinajstić information content (AvgIpc) is 2.16. The molecule has 1 aromatic rings. The molecule has 1 rings (SSSR count). The van der Waals surface area contributed by atoms with Gasteiger partial charge in [0.15, 0.2) is 5.60 Å². The molecule has 0 aliphatic carbocycles. The van der Waals surface area contributed by atoms with Gasteiger partial charge in [-0.05, 0) is 25.4 Å². The smallest absolute Gasteiger partial charge is 0.349 e. The Morgan fingerprint density at radius 1 is 1.69 bits per heavy atom. The first-order valence-electron chi connectivity index (χ1n) is 4.19. The lowest BCUT2D eigenvalue weighted by Crippen LogP contribution is -2.26. The van der Waals surface area contributed by atoms with Crippen LogP contribution in [0.25, 0.3) is 0 Å². The first-order chi connectivity index (χ1) is 7.35. The second-order valence-corrected chi connectivity index (χ2v) is 3.68. The average molecular weight is 242 g/mol. The molecule has 1 heterocycles.